The Labute approximate surface area is 172 Å². The van der Waals surface area contributed by atoms with Crippen LogP contribution in [0.5, 0.6) is 0 Å². The summed E-state index contributed by atoms with van der Waals surface area (Å²) in [4.78, 5) is 10.5. The fourth-order valence-electron chi connectivity index (χ4n) is 3.19. The van der Waals surface area contributed by atoms with Crippen LogP contribution in [0.1, 0.15) is 28.6 Å². The van der Waals surface area contributed by atoms with Crippen LogP contribution in [-0.2, 0) is 6.54 Å². The molecule has 3 aromatic rings. The maximum Gasteiger partial charge on any atom is 0.269 e. The van der Waals surface area contributed by atoms with E-state index >= 15 is 0 Å². The Kier molecular flexibility index (Phi) is 5.05. The van der Waals surface area contributed by atoms with Gasteiger partial charge in [-0.3, -0.25) is 10.1 Å². The van der Waals surface area contributed by atoms with E-state index in [9.17, 15) is 10.1 Å². The Bertz CT molecular complexity index is 1090. The first kappa shape index (κ1) is 18.8. The summed E-state index contributed by atoms with van der Waals surface area (Å²) >= 11 is 5.36. The number of nitro groups is 1. The summed E-state index contributed by atoms with van der Waals surface area (Å²) in [5.41, 5.74) is 4.45. The van der Waals surface area contributed by atoms with Crippen molar-refractivity contribution >= 4 is 28.7 Å². The second-order valence-electron chi connectivity index (χ2n) is 6.67. The van der Waals surface area contributed by atoms with Crippen molar-refractivity contribution in [3.05, 3.63) is 93.3 Å². The molecule has 8 nitrogen and oxygen atoms in total. The number of aromatic nitrogens is 3. The van der Waals surface area contributed by atoms with E-state index in [1.54, 1.807) is 12.1 Å². The lowest BCUT2D eigenvalue weighted by atomic mass is 10.0. The lowest BCUT2D eigenvalue weighted by Crippen LogP contribution is -2.40. The van der Waals surface area contributed by atoms with Crippen molar-refractivity contribution in [1.29, 1.82) is 0 Å². The highest BCUT2D eigenvalue weighted by Crippen LogP contribution is 2.25. The maximum atomic E-state index is 10.9. The number of nitro benzene ring substituents is 1. The van der Waals surface area contributed by atoms with E-state index in [2.05, 4.69) is 20.9 Å². The molecule has 0 saturated heterocycles. The van der Waals surface area contributed by atoms with E-state index in [1.165, 1.54) is 12.1 Å². The fourth-order valence-corrected chi connectivity index (χ4v) is 3.42. The van der Waals surface area contributed by atoms with Crippen molar-refractivity contribution in [2.24, 2.45) is 0 Å². The van der Waals surface area contributed by atoms with Crippen LogP contribution in [0.25, 0.3) is 5.70 Å². The van der Waals surface area contributed by atoms with Gasteiger partial charge in [0, 0.05) is 12.1 Å². The third kappa shape index (κ3) is 3.99. The minimum atomic E-state index is -0.417. The number of hydrogen-bond acceptors (Lipinski definition) is 5. The monoisotopic (exact) mass is 406 g/mol. The summed E-state index contributed by atoms with van der Waals surface area (Å²) in [6.45, 7) is 2.59. The molecule has 0 radical (unpaired) electrons. The second-order valence-corrected chi connectivity index (χ2v) is 7.08. The molecule has 1 aromatic heterocycles. The minimum absolute atomic E-state index is 0.0502. The van der Waals surface area contributed by atoms with Gasteiger partial charge in [0.05, 0.1) is 28.9 Å². The molecule has 1 aliphatic heterocycles. The van der Waals surface area contributed by atoms with Crippen LogP contribution >= 0.6 is 12.2 Å². The van der Waals surface area contributed by atoms with Gasteiger partial charge in [-0.15, -0.1) is 5.10 Å². The molecule has 0 bridgehead atoms. The van der Waals surface area contributed by atoms with Gasteiger partial charge in [0.2, 0.25) is 0 Å². The average molecular weight is 406 g/mol. The lowest BCUT2D eigenvalue weighted by Gasteiger charge is -2.25. The first-order chi connectivity index (χ1) is 14.0. The van der Waals surface area contributed by atoms with Gasteiger partial charge in [0.15, 0.2) is 5.11 Å². The molecule has 4 rings (SSSR count). The number of non-ortho nitro benzene ring substituents is 1. The molecule has 9 heteroatoms. The Balaban J connectivity index is 1.62. The van der Waals surface area contributed by atoms with E-state index in [-0.39, 0.29) is 11.7 Å². The van der Waals surface area contributed by atoms with E-state index < -0.39 is 4.92 Å². The van der Waals surface area contributed by atoms with Gasteiger partial charge in [0.25, 0.3) is 5.69 Å². The first-order valence-electron chi connectivity index (χ1n) is 8.99. The predicted octanol–water partition coefficient (Wildman–Crippen LogP) is 3.10. The standard InChI is InChI=1S/C20H18N6O2S/c1-13-19(23-24-25(13)12-14-5-3-2-4-6-14)18-11-17(21-20(29)22-18)15-7-9-16(10-8-15)26(27)28/h2-11,17H,12H2,1H3,(H2,21,22,29). The van der Waals surface area contributed by atoms with Crippen LogP contribution in [0.15, 0.2) is 60.7 Å². The van der Waals surface area contributed by atoms with Crippen molar-refractivity contribution in [1.82, 2.24) is 25.6 Å². The van der Waals surface area contributed by atoms with Crippen LogP contribution in [-0.4, -0.2) is 25.0 Å². The summed E-state index contributed by atoms with van der Waals surface area (Å²) in [7, 11) is 0. The maximum absolute atomic E-state index is 10.9. The van der Waals surface area contributed by atoms with Gasteiger partial charge in [0.1, 0.15) is 5.69 Å². The molecule has 2 heterocycles. The Morgan fingerprint density at radius 2 is 1.90 bits per heavy atom. The number of nitrogens with zero attached hydrogens (tertiary/aromatic N) is 4. The molecule has 0 saturated carbocycles. The first-order valence-corrected chi connectivity index (χ1v) is 9.40. The SMILES string of the molecule is Cc1c(C2=CC(c3ccc([N+](=O)[O-])cc3)NC(=S)N2)nnn1Cc1ccccc1. The second kappa shape index (κ2) is 7.80. The topological polar surface area (TPSA) is 97.9 Å². The normalized spacial score (nSPS) is 16.0. The number of hydrogen-bond donors (Lipinski definition) is 2. The van der Waals surface area contributed by atoms with Crippen molar-refractivity contribution < 1.29 is 4.92 Å². The number of benzene rings is 2. The lowest BCUT2D eigenvalue weighted by molar-refractivity contribution is -0.384. The van der Waals surface area contributed by atoms with Crippen LogP contribution < -0.4 is 10.6 Å². The predicted molar refractivity (Wildman–Crippen MR) is 113 cm³/mol. The molecule has 146 valence electrons. The summed E-state index contributed by atoms with van der Waals surface area (Å²) in [6, 6.07) is 16.2. The average Bonchev–Trinajstić information content (AvgIpc) is 3.08. The van der Waals surface area contributed by atoms with Gasteiger partial charge in [-0.05, 0) is 48.5 Å². The molecule has 1 aliphatic rings. The quantitative estimate of drug-likeness (QED) is 0.382. The van der Waals surface area contributed by atoms with Crippen LogP contribution in [0, 0.1) is 17.0 Å². The van der Waals surface area contributed by atoms with E-state index in [4.69, 9.17) is 12.2 Å². The molecule has 0 aliphatic carbocycles. The number of thiocarbonyl (C=S) groups is 1. The zero-order valence-corrected chi connectivity index (χ0v) is 16.4. The van der Waals surface area contributed by atoms with Gasteiger partial charge < -0.3 is 10.6 Å². The third-order valence-electron chi connectivity index (χ3n) is 4.74. The van der Waals surface area contributed by atoms with Gasteiger partial charge in [-0.25, -0.2) is 4.68 Å². The molecule has 1 atom stereocenters. The van der Waals surface area contributed by atoms with E-state index in [1.807, 2.05) is 48.0 Å². The van der Waals surface area contributed by atoms with E-state index in [0.717, 1.165) is 28.2 Å². The van der Waals surface area contributed by atoms with Crippen LogP contribution in [0.4, 0.5) is 5.69 Å². The molecule has 2 N–H and O–H groups in total. The Morgan fingerprint density at radius 1 is 1.17 bits per heavy atom. The molecule has 1 unspecified atom stereocenters. The smallest absolute Gasteiger partial charge is 0.269 e. The molecule has 0 spiro atoms. The highest BCUT2D eigenvalue weighted by atomic mass is 32.1. The third-order valence-corrected chi connectivity index (χ3v) is 4.96. The molecular weight excluding hydrogens is 388 g/mol. The molecule has 0 fully saturated rings. The van der Waals surface area contributed by atoms with Crippen molar-refractivity contribution in [3.8, 4) is 0 Å². The van der Waals surface area contributed by atoms with Gasteiger partial charge >= 0.3 is 0 Å². The zero-order valence-electron chi connectivity index (χ0n) is 15.6. The molecular formula is C20H18N6O2S. The highest BCUT2D eigenvalue weighted by molar-refractivity contribution is 7.80. The Morgan fingerprint density at radius 3 is 2.59 bits per heavy atom. The van der Waals surface area contributed by atoms with Crippen LogP contribution in [0.2, 0.25) is 0 Å². The fraction of sp³-hybridized carbons (Fsp3) is 0.150. The number of nitrogens with one attached hydrogen (secondary N) is 2. The van der Waals surface area contributed by atoms with E-state index in [0.29, 0.717) is 11.7 Å². The Hall–Kier alpha value is -3.59. The zero-order chi connectivity index (χ0) is 20.4. The van der Waals surface area contributed by atoms with Gasteiger partial charge in [-0.1, -0.05) is 35.5 Å². The summed E-state index contributed by atoms with van der Waals surface area (Å²) in [6.07, 6.45) is 1.96. The van der Waals surface area contributed by atoms with Crippen molar-refractivity contribution in [2.75, 3.05) is 0 Å². The molecule has 29 heavy (non-hydrogen) atoms. The van der Waals surface area contributed by atoms with Crippen molar-refractivity contribution in [3.63, 3.8) is 0 Å². The van der Waals surface area contributed by atoms with Crippen molar-refractivity contribution in [2.45, 2.75) is 19.5 Å². The minimum Gasteiger partial charge on any atom is -0.352 e. The van der Waals surface area contributed by atoms with Crippen LogP contribution in [0.3, 0.4) is 0 Å². The molecule has 2 aromatic carbocycles. The molecule has 0 amide bonds. The summed E-state index contributed by atoms with van der Waals surface area (Å²) in [5, 5.41) is 26.3. The summed E-state index contributed by atoms with van der Waals surface area (Å²) < 4.78 is 1.85. The number of rotatable bonds is 5. The van der Waals surface area contributed by atoms with Gasteiger partial charge in [-0.2, -0.15) is 0 Å². The highest BCUT2D eigenvalue weighted by Gasteiger charge is 2.22. The largest absolute Gasteiger partial charge is 0.352 e. The summed E-state index contributed by atoms with van der Waals surface area (Å²) in [5.74, 6) is 0.